The number of benzene rings is 1. The minimum Gasteiger partial charge on any atom is -0.478 e. The number of carboxylic acid groups (broad SMARTS) is 1. The third-order valence-corrected chi connectivity index (χ3v) is 2.76. The summed E-state index contributed by atoms with van der Waals surface area (Å²) in [6, 6.07) is 6.15. The number of carbonyl (C=O) groups is 3. The summed E-state index contributed by atoms with van der Waals surface area (Å²) in [5.74, 6) is -2.06. The van der Waals surface area contributed by atoms with Crippen LogP contribution in [0.5, 0.6) is 0 Å². The Morgan fingerprint density at radius 3 is 2.67 bits per heavy atom. The molecule has 1 atom stereocenters. The zero-order valence-electron chi connectivity index (χ0n) is 9.47. The Hall–Kier alpha value is -2.37. The lowest BCUT2D eigenvalue weighted by Crippen LogP contribution is -2.25. The topological polar surface area (TPSA) is 95.5 Å². The van der Waals surface area contributed by atoms with E-state index in [2.05, 4.69) is 10.6 Å². The molecule has 1 unspecified atom stereocenters. The highest BCUT2D eigenvalue weighted by Gasteiger charge is 2.28. The van der Waals surface area contributed by atoms with E-state index in [1.54, 1.807) is 12.1 Å². The number of aromatic carboxylic acids is 1. The van der Waals surface area contributed by atoms with E-state index in [1.165, 1.54) is 12.1 Å². The van der Waals surface area contributed by atoms with Gasteiger partial charge in [0.15, 0.2) is 0 Å². The summed E-state index contributed by atoms with van der Waals surface area (Å²) in [7, 11) is 0. The molecule has 1 aromatic carbocycles. The van der Waals surface area contributed by atoms with Crippen LogP contribution in [0.25, 0.3) is 0 Å². The van der Waals surface area contributed by atoms with E-state index in [0.29, 0.717) is 6.54 Å². The lowest BCUT2D eigenvalue weighted by Gasteiger charge is -2.11. The van der Waals surface area contributed by atoms with E-state index < -0.39 is 11.9 Å². The Morgan fingerprint density at radius 1 is 1.33 bits per heavy atom. The van der Waals surface area contributed by atoms with Gasteiger partial charge in [0.05, 0.1) is 17.2 Å². The number of carbonyl (C=O) groups excluding carboxylic acids is 2. The number of nitrogens with one attached hydrogen (secondary N) is 2. The van der Waals surface area contributed by atoms with E-state index in [0.717, 1.165) is 0 Å². The highest BCUT2D eigenvalue weighted by atomic mass is 16.4. The van der Waals surface area contributed by atoms with Crippen molar-refractivity contribution in [3.8, 4) is 0 Å². The monoisotopic (exact) mass is 248 g/mol. The van der Waals surface area contributed by atoms with E-state index in [-0.39, 0.29) is 29.5 Å². The molecule has 2 rings (SSSR count). The van der Waals surface area contributed by atoms with Gasteiger partial charge in [-0.15, -0.1) is 0 Å². The van der Waals surface area contributed by atoms with Crippen molar-refractivity contribution >= 4 is 23.5 Å². The Kier molecular flexibility index (Phi) is 3.27. The molecule has 0 radical (unpaired) electrons. The molecular weight excluding hydrogens is 236 g/mol. The molecule has 0 saturated carbocycles. The summed E-state index contributed by atoms with van der Waals surface area (Å²) < 4.78 is 0. The summed E-state index contributed by atoms with van der Waals surface area (Å²) in [5.41, 5.74) is 0.275. The maximum atomic E-state index is 11.8. The SMILES string of the molecule is O=C1CC(C(=O)Nc2ccccc2C(=O)O)CN1. The van der Waals surface area contributed by atoms with E-state index in [9.17, 15) is 14.4 Å². The van der Waals surface area contributed by atoms with Gasteiger partial charge in [0.1, 0.15) is 0 Å². The van der Waals surface area contributed by atoms with Gasteiger partial charge in [-0.05, 0) is 12.1 Å². The molecule has 2 amide bonds. The standard InChI is InChI=1S/C12H12N2O4/c15-10-5-7(6-13-10)11(16)14-9-4-2-1-3-8(9)12(17)18/h1-4,7H,5-6H2,(H,13,15)(H,14,16)(H,17,18). The fraction of sp³-hybridized carbons (Fsp3) is 0.250. The minimum absolute atomic E-state index is 0.0307. The number of amides is 2. The Bertz CT molecular complexity index is 513. The average Bonchev–Trinajstić information content (AvgIpc) is 2.76. The molecule has 1 saturated heterocycles. The second-order valence-corrected chi connectivity index (χ2v) is 4.05. The van der Waals surface area contributed by atoms with Crippen LogP contribution < -0.4 is 10.6 Å². The van der Waals surface area contributed by atoms with Gasteiger partial charge in [-0.2, -0.15) is 0 Å². The molecule has 1 fully saturated rings. The number of rotatable bonds is 3. The van der Waals surface area contributed by atoms with Gasteiger partial charge in [0.2, 0.25) is 11.8 Å². The number of hydrogen-bond acceptors (Lipinski definition) is 3. The Morgan fingerprint density at radius 2 is 2.06 bits per heavy atom. The number of para-hydroxylation sites is 1. The molecule has 3 N–H and O–H groups in total. The molecule has 6 nitrogen and oxygen atoms in total. The van der Waals surface area contributed by atoms with E-state index >= 15 is 0 Å². The van der Waals surface area contributed by atoms with Crippen LogP contribution in [0.4, 0.5) is 5.69 Å². The van der Waals surface area contributed by atoms with Crippen LogP contribution in [-0.2, 0) is 9.59 Å². The van der Waals surface area contributed by atoms with Crippen molar-refractivity contribution in [1.29, 1.82) is 0 Å². The average molecular weight is 248 g/mol. The fourth-order valence-electron chi connectivity index (χ4n) is 1.80. The third-order valence-electron chi connectivity index (χ3n) is 2.76. The summed E-state index contributed by atoms with van der Waals surface area (Å²) in [5, 5.41) is 14.1. The van der Waals surface area contributed by atoms with Gasteiger partial charge < -0.3 is 15.7 Å². The van der Waals surface area contributed by atoms with E-state index in [4.69, 9.17) is 5.11 Å². The van der Waals surface area contributed by atoms with Crippen molar-refractivity contribution < 1.29 is 19.5 Å². The summed E-state index contributed by atoms with van der Waals surface area (Å²) in [4.78, 5) is 33.8. The summed E-state index contributed by atoms with van der Waals surface area (Å²) in [6.07, 6.45) is 0.140. The van der Waals surface area contributed by atoms with Crippen LogP contribution in [0.2, 0.25) is 0 Å². The normalized spacial score (nSPS) is 18.2. The third kappa shape index (κ3) is 2.48. The van der Waals surface area contributed by atoms with Gasteiger partial charge in [-0.1, -0.05) is 12.1 Å². The van der Waals surface area contributed by atoms with Crippen molar-refractivity contribution in [2.24, 2.45) is 5.92 Å². The smallest absolute Gasteiger partial charge is 0.337 e. The lowest BCUT2D eigenvalue weighted by atomic mass is 10.1. The first-order valence-corrected chi connectivity index (χ1v) is 5.48. The first-order chi connectivity index (χ1) is 8.58. The molecule has 0 aliphatic carbocycles. The second kappa shape index (κ2) is 4.87. The largest absolute Gasteiger partial charge is 0.478 e. The van der Waals surface area contributed by atoms with Crippen LogP contribution in [0.15, 0.2) is 24.3 Å². The zero-order valence-corrected chi connectivity index (χ0v) is 9.47. The maximum Gasteiger partial charge on any atom is 0.337 e. The quantitative estimate of drug-likeness (QED) is 0.724. The molecule has 94 valence electrons. The van der Waals surface area contributed by atoms with Crippen molar-refractivity contribution in [3.63, 3.8) is 0 Å². The van der Waals surface area contributed by atoms with E-state index in [1.807, 2.05) is 0 Å². The van der Waals surface area contributed by atoms with Crippen molar-refractivity contribution in [1.82, 2.24) is 5.32 Å². The van der Waals surface area contributed by atoms with Crippen LogP contribution in [0.1, 0.15) is 16.8 Å². The highest BCUT2D eigenvalue weighted by Crippen LogP contribution is 2.18. The van der Waals surface area contributed by atoms with Gasteiger partial charge >= 0.3 is 5.97 Å². The summed E-state index contributed by atoms with van der Waals surface area (Å²) >= 11 is 0. The Balaban J connectivity index is 2.12. The van der Waals surface area contributed by atoms with Gasteiger partial charge in [0.25, 0.3) is 0 Å². The van der Waals surface area contributed by atoms with Crippen LogP contribution >= 0.6 is 0 Å². The predicted octanol–water partition coefficient (Wildman–Crippen LogP) is 0.459. The van der Waals surface area contributed by atoms with Crippen LogP contribution in [-0.4, -0.2) is 29.4 Å². The Labute approximate surface area is 103 Å². The number of carboxylic acids is 1. The second-order valence-electron chi connectivity index (χ2n) is 4.05. The highest BCUT2D eigenvalue weighted by molar-refractivity contribution is 6.02. The number of anilines is 1. The van der Waals surface area contributed by atoms with Crippen molar-refractivity contribution in [2.45, 2.75) is 6.42 Å². The molecule has 1 heterocycles. The first-order valence-electron chi connectivity index (χ1n) is 5.48. The van der Waals surface area contributed by atoms with Gasteiger partial charge in [-0.25, -0.2) is 4.79 Å². The molecule has 1 aliphatic heterocycles. The first kappa shape index (κ1) is 12.1. The molecule has 1 aliphatic rings. The molecule has 18 heavy (non-hydrogen) atoms. The van der Waals surface area contributed by atoms with Crippen molar-refractivity contribution in [3.05, 3.63) is 29.8 Å². The molecular formula is C12H12N2O4. The van der Waals surface area contributed by atoms with Crippen LogP contribution in [0, 0.1) is 5.92 Å². The number of hydrogen-bond donors (Lipinski definition) is 3. The minimum atomic E-state index is -1.11. The predicted molar refractivity (Wildman–Crippen MR) is 63.1 cm³/mol. The zero-order chi connectivity index (χ0) is 13.1. The summed E-state index contributed by atoms with van der Waals surface area (Å²) in [6.45, 7) is 0.292. The molecule has 0 spiro atoms. The van der Waals surface area contributed by atoms with Gasteiger partial charge in [0, 0.05) is 13.0 Å². The molecule has 0 aromatic heterocycles. The van der Waals surface area contributed by atoms with Crippen LogP contribution in [0.3, 0.4) is 0 Å². The maximum absolute atomic E-state index is 11.8. The molecule has 6 heteroatoms. The molecule has 1 aromatic rings. The van der Waals surface area contributed by atoms with Gasteiger partial charge in [-0.3, -0.25) is 9.59 Å². The fourth-order valence-corrected chi connectivity index (χ4v) is 1.80. The van der Waals surface area contributed by atoms with Crippen molar-refractivity contribution in [2.75, 3.05) is 11.9 Å². The lowest BCUT2D eigenvalue weighted by molar-refractivity contribution is -0.123. The molecule has 0 bridgehead atoms.